The Bertz CT molecular complexity index is 652. The summed E-state index contributed by atoms with van der Waals surface area (Å²) in [4.78, 5) is 18.1. The van der Waals surface area contributed by atoms with Crippen molar-refractivity contribution in [3.63, 3.8) is 0 Å². The number of piperidine rings is 1. The van der Waals surface area contributed by atoms with Crippen LogP contribution in [0.3, 0.4) is 0 Å². The second-order valence-corrected chi connectivity index (χ2v) is 8.20. The first-order valence-electron chi connectivity index (χ1n) is 7.52. The van der Waals surface area contributed by atoms with Crippen LogP contribution in [0.1, 0.15) is 24.8 Å². The van der Waals surface area contributed by atoms with Gasteiger partial charge in [-0.2, -0.15) is 0 Å². The monoisotopic (exact) mass is 323 g/mol. The van der Waals surface area contributed by atoms with Crippen molar-refractivity contribution < 1.29 is 13.2 Å². The van der Waals surface area contributed by atoms with Crippen LogP contribution in [0.5, 0.6) is 0 Å². The molecule has 2 heterocycles. The second-order valence-electron chi connectivity index (χ2n) is 6.42. The lowest BCUT2D eigenvalue weighted by molar-refractivity contribution is -0.132. The predicted molar refractivity (Wildman–Crippen MR) is 82.6 cm³/mol. The number of carbonyl (C=O) groups is 1. The molecule has 0 bridgehead atoms. The zero-order chi connectivity index (χ0) is 15.8. The van der Waals surface area contributed by atoms with Gasteiger partial charge in [0.1, 0.15) is 0 Å². The van der Waals surface area contributed by atoms with Gasteiger partial charge in [0.05, 0.1) is 12.7 Å². The fraction of sp³-hybridized carbons (Fsp3) is 0.600. The van der Waals surface area contributed by atoms with E-state index >= 15 is 0 Å². The summed E-state index contributed by atoms with van der Waals surface area (Å²) >= 11 is 0. The minimum atomic E-state index is -3.14. The Morgan fingerprint density at radius 1 is 1.36 bits per heavy atom. The molecule has 1 saturated heterocycles. The standard InChI is InChI=1S/C15H21N3O3S/c1-22(20,21)17-13-11-15(13)4-8-18(9-5-15)14(19)10-12-2-6-16-7-3-12/h2-3,6-7,13,17H,4-5,8-11H2,1H3. The van der Waals surface area contributed by atoms with Crippen molar-refractivity contribution in [2.24, 2.45) is 5.41 Å². The third kappa shape index (κ3) is 3.47. The van der Waals surface area contributed by atoms with E-state index in [4.69, 9.17) is 0 Å². The van der Waals surface area contributed by atoms with Crippen LogP contribution in [-0.2, 0) is 21.2 Å². The molecule has 1 unspecified atom stereocenters. The van der Waals surface area contributed by atoms with Crippen molar-refractivity contribution in [3.8, 4) is 0 Å². The maximum Gasteiger partial charge on any atom is 0.226 e. The molecule has 1 amide bonds. The summed E-state index contributed by atoms with van der Waals surface area (Å²) in [5, 5.41) is 0. The summed E-state index contributed by atoms with van der Waals surface area (Å²) < 4.78 is 25.3. The number of sulfonamides is 1. The number of nitrogens with zero attached hydrogens (tertiary/aromatic N) is 2. The molecule has 2 aliphatic rings. The van der Waals surface area contributed by atoms with E-state index in [0.717, 1.165) is 24.8 Å². The van der Waals surface area contributed by atoms with Crippen molar-refractivity contribution in [2.45, 2.75) is 31.7 Å². The summed E-state index contributed by atoms with van der Waals surface area (Å²) in [6.45, 7) is 1.43. The van der Waals surface area contributed by atoms with Crippen molar-refractivity contribution in [1.29, 1.82) is 0 Å². The van der Waals surface area contributed by atoms with Gasteiger partial charge < -0.3 is 4.90 Å². The topological polar surface area (TPSA) is 79.4 Å². The minimum Gasteiger partial charge on any atom is -0.342 e. The predicted octanol–water partition coefficient (Wildman–Crippen LogP) is 0.554. The maximum atomic E-state index is 12.3. The van der Waals surface area contributed by atoms with Gasteiger partial charge in [-0.25, -0.2) is 13.1 Å². The van der Waals surface area contributed by atoms with Crippen LogP contribution < -0.4 is 4.72 Å². The first-order chi connectivity index (χ1) is 10.4. The Kier molecular flexibility index (Phi) is 3.94. The minimum absolute atomic E-state index is 0.0555. The van der Waals surface area contributed by atoms with Crippen LogP contribution in [0.15, 0.2) is 24.5 Å². The fourth-order valence-corrected chi connectivity index (χ4v) is 4.16. The van der Waals surface area contributed by atoms with E-state index < -0.39 is 10.0 Å². The van der Waals surface area contributed by atoms with Gasteiger partial charge in [0, 0.05) is 31.5 Å². The average molecular weight is 323 g/mol. The largest absolute Gasteiger partial charge is 0.342 e. The number of hydrogen-bond acceptors (Lipinski definition) is 4. The van der Waals surface area contributed by atoms with Crippen LogP contribution in [-0.4, -0.2) is 49.6 Å². The van der Waals surface area contributed by atoms with E-state index in [2.05, 4.69) is 9.71 Å². The molecular weight excluding hydrogens is 302 g/mol. The summed E-state index contributed by atoms with van der Waals surface area (Å²) in [6, 6.07) is 3.77. The molecule has 1 aromatic heterocycles. The average Bonchev–Trinajstić information content (AvgIpc) is 3.10. The molecule has 2 fully saturated rings. The van der Waals surface area contributed by atoms with Gasteiger partial charge in [-0.15, -0.1) is 0 Å². The highest BCUT2D eigenvalue weighted by Crippen LogP contribution is 2.54. The number of amides is 1. The third-order valence-corrected chi connectivity index (χ3v) is 5.48. The Hall–Kier alpha value is -1.47. The highest BCUT2D eigenvalue weighted by atomic mass is 32.2. The molecule has 1 atom stereocenters. The zero-order valence-electron chi connectivity index (χ0n) is 12.7. The molecule has 3 rings (SSSR count). The Morgan fingerprint density at radius 3 is 2.59 bits per heavy atom. The van der Waals surface area contributed by atoms with Gasteiger partial charge in [0.2, 0.25) is 15.9 Å². The first kappa shape index (κ1) is 15.4. The van der Waals surface area contributed by atoms with Gasteiger partial charge in [-0.3, -0.25) is 9.78 Å². The van der Waals surface area contributed by atoms with Gasteiger partial charge in [-0.05, 0) is 42.4 Å². The van der Waals surface area contributed by atoms with Gasteiger partial charge in [0.25, 0.3) is 0 Å². The smallest absolute Gasteiger partial charge is 0.226 e. The molecule has 7 heteroatoms. The summed E-state index contributed by atoms with van der Waals surface area (Å²) in [5.41, 5.74) is 1.06. The van der Waals surface area contributed by atoms with Crippen LogP contribution in [0.25, 0.3) is 0 Å². The van der Waals surface area contributed by atoms with Crippen molar-refractivity contribution in [2.75, 3.05) is 19.3 Å². The van der Waals surface area contributed by atoms with Crippen molar-refractivity contribution >= 4 is 15.9 Å². The number of hydrogen-bond donors (Lipinski definition) is 1. The van der Waals surface area contributed by atoms with E-state index in [1.807, 2.05) is 17.0 Å². The molecule has 1 saturated carbocycles. The highest BCUT2D eigenvalue weighted by Gasteiger charge is 2.56. The molecular formula is C15H21N3O3S. The first-order valence-corrected chi connectivity index (χ1v) is 9.41. The number of likely N-dealkylation sites (tertiary alicyclic amines) is 1. The summed E-state index contributed by atoms with van der Waals surface area (Å²) in [7, 11) is -3.14. The van der Waals surface area contributed by atoms with Crippen LogP contribution in [0.4, 0.5) is 0 Å². The van der Waals surface area contributed by atoms with Gasteiger partial charge >= 0.3 is 0 Å². The van der Waals surface area contributed by atoms with E-state index in [1.54, 1.807) is 12.4 Å². The second kappa shape index (κ2) is 5.62. The SMILES string of the molecule is CS(=O)(=O)NC1CC12CCN(C(=O)Cc1ccncc1)CC2. The summed E-state index contributed by atoms with van der Waals surface area (Å²) in [5.74, 6) is 0.134. The number of carbonyl (C=O) groups excluding carboxylic acids is 1. The molecule has 22 heavy (non-hydrogen) atoms. The van der Waals surface area contributed by atoms with Crippen molar-refractivity contribution in [3.05, 3.63) is 30.1 Å². The number of rotatable bonds is 4. The molecule has 0 aromatic carbocycles. The Balaban J connectivity index is 1.51. The normalized spacial score (nSPS) is 23.5. The third-order valence-electron chi connectivity index (χ3n) is 4.76. The lowest BCUT2D eigenvalue weighted by atomic mass is 9.92. The van der Waals surface area contributed by atoms with E-state index in [9.17, 15) is 13.2 Å². The zero-order valence-corrected chi connectivity index (χ0v) is 13.5. The highest BCUT2D eigenvalue weighted by molar-refractivity contribution is 7.88. The van der Waals surface area contributed by atoms with E-state index in [0.29, 0.717) is 19.5 Å². The fourth-order valence-electron chi connectivity index (χ4n) is 3.31. The molecule has 1 N–H and O–H groups in total. The molecule has 1 aliphatic heterocycles. The number of pyridine rings is 1. The van der Waals surface area contributed by atoms with E-state index in [1.165, 1.54) is 6.26 Å². The Labute approximate surface area is 131 Å². The van der Waals surface area contributed by atoms with E-state index in [-0.39, 0.29) is 17.4 Å². The summed E-state index contributed by atoms with van der Waals surface area (Å²) in [6.07, 6.45) is 7.64. The van der Waals surface area contributed by atoms with Crippen LogP contribution in [0, 0.1) is 5.41 Å². The lowest BCUT2D eigenvalue weighted by Crippen LogP contribution is -2.42. The quantitative estimate of drug-likeness (QED) is 0.878. The van der Waals surface area contributed by atoms with Gasteiger partial charge in [0.15, 0.2) is 0 Å². The van der Waals surface area contributed by atoms with Gasteiger partial charge in [-0.1, -0.05) is 0 Å². The molecule has 1 aliphatic carbocycles. The Morgan fingerprint density at radius 2 is 2.00 bits per heavy atom. The molecule has 6 nitrogen and oxygen atoms in total. The maximum absolute atomic E-state index is 12.3. The van der Waals surface area contributed by atoms with Crippen LogP contribution in [0.2, 0.25) is 0 Å². The van der Waals surface area contributed by atoms with Crippen LogP contribution >= 0.6 is 0 Å². The number of nitrogens with one attached hydrogen (secondary N) is 1. The lowest BCUT2D eigenvalue weighted by Gasteiger charge is -2.33. The number of aromatic nitrogens is 1. The molecule has 120 valence electrons. The molecule has 1 aromatic rings. The molecule has 0 radical (unpaired) electrons. The molecule has 1 spiro atoms. The van der Waals surface area contributed by atoms with Crippen molar-refractivity contribution in [1.82, 2.24) is 14.6 Å².